The summed E-state index contributed by atoms with van der Waals surface area (Å²) in [5.41, 5.74) is -0.0768. The minimum Gasteiger partial charge on any atom is -0.391 e. The predicted octanol–water partition coefficient (Wildman–Crippen LogP) is 0.446. The van der Waals surface area contributed by atoms with Gasteiger partial charge < -0.3 is 10.0 Å². The molecule has 0 saturated carbocycles. The third-order valence-corrected chi connectivity index (χ3v) is 4.92. The molecule has 1 atom stereocenters. The van der Waals surface area contributed by atoms with Gasteiger partial charge in [0, 0.05) is 39.0 Å². The average Bonchev–Trinajstić information content (AvgIpc) is 2.28. The normalized spacial score (nSPS) is 21.1. The van der Waals surface area contributed by atoms with Crippen molar-refractivity contribution >= 4 is 9.84 Å². The van der Waals surface area contributed by atoms with Crippen molar-refractivity contribution in [2.75, 3.05) is 51.3 Å². The van der Waals surface area contributed by atoms with E-state index in [1.807, 2.05) is 0 Å². The molecule has 0 bridgehead atoms. The molecular formula is C14H30N2O3S. The maximum Gasteiger partial charge on any atom is 0.147 e. The van der Waals surface area contributed by atoms with E-state index in [1.54, 1.807) is 0 Å². The van der Waals surface area contributed by atoms with Crippen molar-refractivity contribution < 1.29 is 13.5 Å². The van der Waals surface area contributed by atoms with E-state index in [0.29, 0.717) is 6.42 Å². The van der Waals surface area contributed by atoms with Crippen LogP contribution in [0.5, 0.6) is 0 Å². The number of sulfone groups is 1. The summed E-state index contributed by atoms with van der Waals surface area (Å²) in [6, 6.07) is 0. The smallest absolute Gasteiger partial charge is 0.147 e. The van der Waals surface area contributed by atoms with Crippen LogP contribution in [0, 0.1) is 5.41 Å². The lowest BCUT2D eigenvalue weighted by atomic mass is 9.89. The Kier molecular flexibility index (Phi) is 6.44. The van der Waals surface area contributed by atoms with Crippen LogP contribution < -0.4 is 0 Å². The van der Waals surface area contributed by atoms with E-state index < -0.39 is 9.84 Å². The quantitative estimate of drug-likeness (QED) is 0.772. The Morgan fingerprint density at radius 2 is 1.60 bits per heavy atom. The Labute approximate surface area is 123 Å². The van der Waals surface area contributed by atoms with Gasteiger partial charge in [-0.05, 0) is 18.4 Å². The highest BCUT2D eigenvalue weighted by molar-refractivity contribution is 7.90. The molecule has 1 aliphatic heterocycles. The van der Waals surface area contributed by atoms with Gasteiger partial charge in [0.1, 0.15) is 9.84 Å². The highest BCUT2D eigenvalue weighted by Crippen LogP contribution is 2.20. The molecule has 20 heavy (non-hydrogen) atoms. The maximum atomic E-state index is 11.1. The summed E-state index contributed by atoms with van der Waals surface area (Å²) in [4.78, 5) is 4.61. The van der Waals surface area contributed by atoms with Crippen LogP contribution in [0.2, 0.25) is 0 Å². The van der Waals surface area contributed by atoms with Gasteiger partial charge in [-0.1, -0.05) is 20.8 Å². The second-order valence-electron chi connectivity index (χ2n) is 7.01. The van der Waals surface area contributed by atoms with Gasteiger partial charge >= 0.3 is 0 Å². The van der Waals surface area contributed by atoms with Crippen molar-refractivity contribution in [3.8, 4) is 0 Å². The Morgan fingerprint density at radius 1 is 1.10 bits per heavy atom. The first kappa shape index (κ1) is 17.9. The number of hydrogen-bond donors (Lipinski definition) is 1. The SMILES string of the molecule is CC(C)(C)C(O)CN1CCN(CCCS(C)(=O)=O)CC1. The minimum atomic E-state index is -2.84. The Morgan fingerprint density at radius 3 is 2.05 bits per heavy atom. The van der Waals surface area contributed by atoms with Gasteiger partial charge in [-0.15, -0.1) is 0 Å². The molecule has 5 nitrogen and oxygen atoms in total. The van der Waals surface area contributed by atoms with Crippen molar-refractivity contribution in [3.05, 3.63) is 0 Å². The van der Waals surface area contributed by atoms with Crippen LogP contribution in [0.4, 0.5) is 0 Å². The first-order valence-electron chi connectivity index (χ1n) is 7.38. The number of rotatable bonds is 6. The van der Waals surface area contributed by atoms with Gasteiger partial charge in [-0.3, -0.25) is 4.90 Å². The van der Waals surface area contributed by atoms with Crippen LogP contribution in [0.3, 0.4) is 0 Å². The number of aliphatic hydroxyl groups excluding tert-OH is 1. The van der Waals surface area contributed by atoms with Crippen LogP contribution >= 0.6 is 0 Å². The average molecular weight is 306 g/mol. The van der Waals surface area contributed by atoms with E-state index in [4.69, 9.17) is 0 Å². The van der Waals surface area contributed by atoms with Gasteiger partial charge in [-0.25, -0.2) is 8.42 Å². The first-order valence-corrected chi connectivity index (χ1v) is 9.44. The third kappa shape index (κ3) is 7.02. The second-order valence-corrected chi connectivity index (χ2v) is 9.27. The molecule has 1 heterocycles. The molecule has 0 radical (unpaired) electrons. The zero-order valence-corrected chi connectivity index (χ0v) is 14.1. The lowest BCUT2D eigenvalue weighted by Gasteiger charge is -2.38. The Bertz CT molecular complexity index is 382. The van der Waals surface area contributed by atoms with Crippen LogP contribution in [0.25, 0.3) is 0 Å². The van der Waals surface area contributed by atoms with Crippen LogP contribution in [0.15, 0.2) is 0 Å². The summed E-state index contributed by atoms with van der Waals surface area (Å²) in [5, 5.41) is 10.1. The zero-order valence-electron chi connectivity index (χ0n) is 13.3. The van der Waals surface area contributed by atoms with Crippen molar-refractivity contribution in [1.82, 2.24) is 9.80 Å². The minimum absolute atomic E-state index is 0.0768. The summed E-state index contributed by atoms with van der Waals surface area (Å²) < 4.78 is 22.2. The zero-order chi connectivity index (χ0) is 15.4. The van der Waals surface area contributed by atoms with E-state index in [0.717, 1.165) is 39.3 Å². The molecule has 0 aromatic heterocycles. The molecule has 1 aliphatic rings. The number of nitrogens with zero attached hydrogens (tertiary/aromatic N) is 2. The summed E-state index contributed by atoms with van der Waals surface area (Å²) in [6.45, 7) is 11.6. The fraction of sp³-hybridized carbons (Fsp3) is 1.00. The van der Waals surface area contributed by atoms with E-state index in [9.17, 15) is 13.5 Å². The van der Waals surface area contributed by atoms with Gasteiger partial charge in [-0.2, -0.15) is 0 Å². The number of aliphatic hydroxyl groups is 1. The van der Waals surface area contributed by atoms with Crippen molar-refractivity contribution in [2.24, 2.45) is 5.41 Å². The summed E-state index contributed by atoms with van der Waals surface area (Å²) in [7, 11) is -2.84. The molecule has 0 spiro atoms. The first-order chi connectivity index (χ1) is 9.08. The van der Waals surface area contributed by atoms with E-state index in [-0.39, 0.29) is 17.3 Å². The van der Waals surface area contributed by atoms with Gasteiger partial charge in [0.05, 0.1) is 11.9 Å². The fourth-order valence-corrected chi connectivity index (χ4v) is 2.92. The number of β-amino-alcohol motifs (C(OH)–C–C–N with tert-alkyl or cyclic N) is 1. The molecular weight excluding hydrogens is 276 g/mol. The molecule has 0 amide bonds. The van der Waals surface area contributed by atoms with Crippen LogP contribution in [-0.4, -0.2) is 80.7 Å². The molecule has 0 aromatic carbocycles. The van der Waals surface area contributed by atoms with Crippen LogP contribution in [-0.2, 0) is 9.84 Å². The molecule has 1 rings (SSSR count). The largest absolute Gasteiger partial charge is 0.391 e. The Hall–Kier alpha value is -0.170. The Balaban J connectivity index is 2.23. The van der Waals surface area contributed by atoms with E-state index >= 15 is 0 Å². The molecule has 1 fully saturated rings. The fourth-order valence-electron chi connectivity index (χ4n) is 2.26. The van der Waals surface area contributed by atoms with Gasteiger partial charge in [0.2, 0.25) is 0 Å². The summed E-state index contributed by atoms with van der Waals surface area (Å²) in [6.07, 6.45) is 1.70. The van der Waals surface area contributed by atoms with Crippen molar-refractivity contribution in [1.29, 1.82) is 0 Å². The topological polar surface area (TPSA) is 60.9 Å². The molecule has 1 unspecified atom stereocenters. The monoisotopic (exact) mass is 306 g/mol. The molecule has 1 saturated heterocycles. The van der Waals surface area contributed by atoms with Gasteiger partial charge in [0.25, 0.3) is 0 Å². The summed E-state index contributed by atoms with van der Waals surface area (Å²) in [5.74, 6) is 0.274. The van der Waals surface area contributed by atoms with Crippen molar-refractivity contribution in [3.63, 3.8) is 0 Å². The predicted molar refractivity (Wildman–Crippen MR) is 82.7 cm³/mol. The highest BCUT2D eigenvalue weighted by Gasteiger charge is 2.26. The standard InChI is InChI=1S/C14H30N2O3S/c1-14(2,3)13(17)12-16-9-7-15(8-10-16)6-5-11-20(4,18)19/h13,17H,5-12H2,1-4H3. The molecule has 1 N–H and O–H groups in total. The number of piperazine rings is 1. The lowest BCUT2D eigenvalue weighted by molar-refractivity contribution is 0.0135. The highest BCUT2D eigenvalue weighted by atomic mass is 32.2. The van der Waals surface area contributed by atoms with E-state index in [1.165, 1.54) is 6.26 Å². The third-order valence-electron chi connectivity index (χ3n) is 3.89. The summed E-state index contributed by atoms with van der Waals surface area (Å²) >= 11 is 0. The molecule has 6 heteroatoms. The van der Waals surface area contributed by atoms with E-state index in [2.05, 4.69) is 30.6 Å². The lowest BCUT2D eigenvalue weighted by Crippen LogP contribution is -2.50. The molecule has 0 aliphatic carbocycles. The maximum absolute atomic E-state index is 11.1. The molecule has 0 aromatic rings. The molecule has 120 valence electrons. The van der Waals surface area contributed by atoms with Crippen LogP contribution in [0.1, 0.15) is 27.2 Å². The number of hydrogen-bond acceptors (Lipinski definition) is 5. The van der Waals surface area contributed by atoms with Gasteiger partial charge in [0.15, 0.2) is 0 Å². The van der Waals surface area contributed by atoms with Crippen molar-refractivity contribution in [2.45, 2.75) is 33.3 Å². The second kappa shape index (κ2) is 7.20.